The number of anilines is 1. The third-order valence-electron chi connectivity index (χ3n) is 3.94. The van der Waals surface area contributed by atoms with Crippen LogP contribution in [0.25, 0.3) is 0 Å². The molecule has 0 fully saturated rings. The predicted molar refractivity (Wildman–Crippen MR) is 95.2 cm³/mol. The lowest BCUT2D eigenvalue weighted by atomic mass is 9.99. The van der Waals surface area contributed by atoms with E-state index in [1.165, 1.54) is 5.56 Å². The van der Waals surface area contributed by atoms with Gasteiger partial charge in [0.1, 0.15) is 5.75 Å². The Morgan fingerprint density at radius 3 is 2.26 bits per heavy atom. The lowest BCUT2D eigenvalue weighted by Crippen LogP contribution is -2.20. The van der Waals surface area contributed by atoms with E-state index in [-0.39, 0.29) is 12.5 Å². The molecule has 122 valence electrons. The van der Waals surface area contributed by atoms with Gasteiger partial charge in [-0.15, -0.1) is 0 Å². The van der Waals surface area contributed by atoms with Gasteiger partial charge in [0.25, 0.3) is 5.91 Å². The second-order valence-electron chi connectivity index (χ2n) is 6.09. The van der Waals surface area contributed by atoms with Crippen molar-refractivity contribution in [1.82, 2.24) is 0 Å². The summed E-state index contributed by atoms with van der Waals surface area (Å²) < 4.78 is 5.56. The van der Waals surface area contributed by atoms with E-state index in [2.05, 4.69) is 37.4 Å². The third kappa shape index (κ3) is 5.13. The fraction of sp³-hybridized carbons (Fsp3) is 0.350. The average Bonchev–Trinajstić information content (AvgIpc) is 2.51. The summed E-state index contributed by atoms with van der Waals surface area (Å²) in [6.07, 6.45) is 1.11. The fourth-order valence-corrected chi connectivity index (χ4v) is 2.52. The van der Waals surface area contributed by atoms with Crippen LogP contribution in [0, 0.1) is 13.8 Å². The van der Waals surface area contributed by atoms with E-state index >= 15 is 0 Å². The molecule has 0 aliphatic rings. The lowest BCUT2D eigenvalue weighted by Gasteiger charge is -2.11. The van der Waals surface area contributed by atoms with E-state index in [4.69, 9.17) is 4.74 Å². The van der Waals surface area contributed by atoms with Gasteiger partial charge in [-0.3, -0.25) is 4.79 Å². The number of carbonyl (C=O) groups excluding carboxylic acids is 1. The Morgan fingerprint density at radius 1 is 1.09 bits per heavy atom. The number of rotatable bonds is 6. The molecule has 0 heterocycles. The molecule has 2 aromatic carbocycles. The van der Waals surface area contributed by atoms with E-state index in [9.17, 15) is 4.79 Å². The predicted octanol–water partition coefficient (Wildman–Crippen LogP) is 4.83. The number of hydrogen-bond acceptors (Lipinski definition) is 2. The molecule has 3 heteroatoms. The molecule has 0 aliphatic carbocycles. The first-order valence-electron chi connectivity index (χ1n) is 8.09. The zero-order valence-electron chi connectivity index (χ0n) is 14.3. The molecule has 0 bridgehead atoms. The van der Waals surface area contributed by atoms with Crippen molar-refractivity contribution in [2.45, 2.75) is 40.0 Å². The van der Waals surface area contributed by atoms with Crippen molar-refractivity contribution in [2.24, 2.45) is 0 Å². The molecule has 3 nitrogen and oxygen atoms in total. The number of aryl methyl sites for hydroxylation is 2. The van der Waals surface area contributed by atoms with Crippen molar-refractivity contribution in [2.75, 3.05) is 11.9 Å². The van der Waals surface area contributed by atoms with Gasteiger partial charge in [-0.05, 0) is 67.1 Å². The van der Waals surface area contributed by atoms with Crippen LogP contribution < -0.4 is 10.1 Å². The van der Waals surface area contributed by atoms with Gasteiger partial charge in [0.15, 0.2) is 6.61 Å². The lowest BCUT2D eigenvalue weighted by molar-refractivity contribution is -0.118. The minimum Gasteiger partial charge on any atom is -0.484 e. The summed E-state index contributed by atoms with van der Waals surface area (Å²) >= 11 is 0. The second-order valence-corrected chi connectivity index (χ2v) is 6.09. The quantitative estimate of drug-likeness (QED) is 0.829. The molecule has 23 heavy (non-hydrogen) atoms. The Bertz CT molecular complexity index is 642. The van der Waals surface area contributed by atoms with E-state index in [1.807, 2.05) is 38.1 Å². The van der Waals surface area contributed by atoms with Gasteiger partial charge in [-0.2, -0.15) is 0 Å². The van der Waals surface area contributed by atoms with Gasteiger partial charge in [0.05, 0.1) is 0 Å². The fourth-order valence-electron chi connectivity index (χ4n) is 2.52. The largest absolute Gasteiger partial charge is 0.484 e. The van der Waals surface area contributed by atoms with Crippen LogP contribution in [0.5, 0.6) is 5.75 Å². The smallest absolute Gasteiger partial charge is 0.262 e. The molecule has 2 rings (SSSR count). The molecular formula is C20H25NO2. The highest BCUT2D eigenvalue weighted by Gasteiger charge is 2.06. The van der Waals surface area contributed by atoms with Crippen molar-refractivity contribution >= 4 is 11.6 Å². The average molecular weight is 311 g/mol. The summed E-state index contributed by atoms with van der Waals surface area (Å²) in [5, 5.41) is 2.87. The minimum atomic E-state index is -0.152. The SMILES string of the molecule is CC[C@@H](C)c1ccc(OCC(=O)Nc2cc(C)cc(C)c2)cc1. The van der Waals surface area contributed by atoms with Gasteiger partial charge in [-0.25, -0.2) is 0 Å². The van der Waals surface area contributed by atoms with Gasteiger partial charge >= 0.3 is 0 Å². The summed E-state index contributed by atoms with van der Waals surface area (Å²) in [4.78, 5) is 12.0. The third-order valence-corrected chi connectivity index (χ3v) is 3.94. The Morgan fingerprint density at radius 2 is 1.70 bits per heavy atom. The molecule has 0 saturated carbocycles. The van der Waals surface area contributed by atoms with Crippen molar-refractivity contribution in [1.29, 1.82) is 0 Å². The summed E-state index contributed by atoms with van der Waals surface area (Å²) in [7, 11) is 0. The number of carbonyl (C=O) groups is 1. The summed E-state index contributed by atoms with van der Waals surface area (Å²) in [5.41, 5.74) is 4.35. The Balaban J connectivity index is 1.89. The van der Waals surface area contributed by atoms with E-state index < -0.39 is 0 Å². The van der Waals surface area contributed by atoms with Gasteiger partial charge in [0, 0.05) is 5.69 Å². The number of ether oxygens (including phenoxy) is 1. The maximum absolute atomic E-state index is 12.0. The standard InChI is InChI=1S/C20H25NO2/c1-5-16(4)17-6-8-19(9-7-17)23-13-20(22)21-18-11-14(2)10-15(3)12-18/h6-12,16H,5,13H2,1-4H3,(H,21,22)/t16-/m1/s1. The molecule has 0 radical (unpaired) electrons. The van der Waals surface area contributed by atoms with Crippen LogP contribution >= 0.6 is 0 Å². The van der Waals surface area contributed by atoms with Gasteiger partial charge in [0.2, 0.25) is 0 Å². The zero-order valence-corrected chi connectivity index (χ0v) is 14.3. The van der Waals surface area contributed by atoms with E-state index in [1.54, 1.807) is 0 Å². The number of amides is 1. The molecule has 1 N–H and O–H groups in total. The molecule has 0 aromatic heterocycles. The van der Waals surface area contributed by atoms with Crippen molar-refractivity contribution in [3.63, 3.8) is 0 Å². The first kappa shape index (κ1) is 17.1. The highest BCUT2D eigenvalue weighted by atomic mass is 16.5. The highest BCUT2D eigenvalue weighted by Crippen LogP contribution is 2.21. The number of nitrogens with one attached hydrogen (secondary N) is 1. The van der Waals surface area contributed by atoms with Crippen molar-refractivity contribution < 1.29 is 9.53 Å². The number of benzene rings is 2. The molecule has 2 aromatic rings. The van der Waals surface area contributed by atoms with Crippen LogP contribution in [0.2, 0.25) is 0 Å². The zero-order chi connectivity index (χ0) is 16.8. The molecule has 1 amide bonds. The first-order chi connectivity index (χ1) is 11.0. The topological polar surface area (TPSA) is 38.3 Å². The normalized spacial score (nSPS) is 11.8. The Kier molecular flexibility index (Phi) is 5.80. The molecular weight excluding hydrogens is 286 g/mol. The highest BCUT2D eigenvalue weighted by molar-refractivity contribution is 5.92. The Labute approximate surface area is 138 Å². The molecule has 0 unspecified atom stereocenters. The molecule has 0 spiro atoms. The summed E-state index contributed by atoms with van der Waals surface area (Å²) in [5.74, 6) is 1.10. The van der Waals surface area contributed by atoms with Crippen molar-refractivity contribution in [3.8, 4) is 5.75 Å². The van der Waals surface area contributed by atoms with Crippen LogP contribution in [0.15, 0.2) is 42.5 Å². The maximum atomic E-state index is 12.0. The van der Waals surface area contributed by atoms with Crippen molar-refractivity contribution in [3.05, 3.63) is 59.2 Å². The van der Waals surface area contributed by atoms with Crippen LogP contribution in [-0.2, 0) is 4.79 Å². The summed E-state index contributed by atoms with van der Waals surface area (Å²) in [6, 6.07) is 13.9. The monoisotopic (exact) mass is 311 g/mol. The Hall–Kier alpha value is -2.29. The maximum Gasteiger partial charge on any atom is 0.262 e. The minimum absolute atomic E-state index is 0.00959. The molecule has 0 aliphatic heterocycles. The van der Waals surface area contributed by atoms with E-state index in [0.29, 0.717) is 11.7 Å². The van der Waals surface area contributed by atoms with Crippen LogP contribution in [0.1, 0.15) is 42.9 Å². The molecule has 0 saturated heterocycles. The van der Waals surface area contributed by atoms with Gasteiger partial charge in [-0.1, -0.05) is 32.0 Å². The first-order valence-corrected chi connectivity index (χ1v) is 8.09. The van der Waals surface area contributed by atoms with Gasteiger partial charge < -0.3 is 10.1 Å². The van der Waals surface area contributed by atoms with Crippen LogP contribution in [-0.4, -0.2) is 12.5 Å². The summed E-state index contributed by atoms with van der Waals surface area (Å²) in [6.45, 7) is 8.41. The van der Waals surface area contributed by atoms with E-state index in [0.717, 1.165) is 23.2 Å². The van der Waals surface area contributed by atoms with Crippen LogP contribution in [0.4, 0.5) is 5.69 Å². The molecule has 1 atom stereocenters. The van der Waals surface area contributed by atoms with Crippen LogP contribution in [0.3, 0.4) is 0 Å². The second kappa shape index (κ2) is 7.82. The number of hydrogen-bond donors (Lipinski definition) is 1.